The topological polar surface area (TPSA) is 190 Å². The van der Waals surface area contributed by atoms with E-state index in [1.54, 1.807) is 25.7 Å². The number of H-pyrrole nitrogens is 1. The number of piperidine rings is 2. The van der Waals surface area contributed by atoms with Gasteiger partial charge in [0.25, 0.3) is 11.1 Å². The van der Waals surface area contributed by atoms with Gasteiger partial charge in [-0.15, -0.1) is 10.2 Å². The number of hydrogen-bond donors (Lipinski definition) is 3. The molecule has 2 aliphatic heterocycles. The number of fused-ring (bicyclic) bond motifs is 2. The van der Waals surface area contributed by atoms with Crippen LogP contribution in [0.1, 0.15) is 125 Å². The second kappa shape index (κ2) is 24.1. The molecule has 2 amide bonds. The molecule has 0 saturated carbocycles. The minimum atomic E-state index is -0.596. The molecule has 2 saturated heterocycles. The third-order valence-corrected chi connectivity index (χ3v) is 14.2. The molecular formula is C58H70Cl2N10O7. The van der Waals surface area contributed by atoms with E-state index < -0.39 is 23.4 Å². The fourth-order valence-corrected chi connectivity index (χ4v) is 10.3. The molecule has 0 spiro atoms. The number of carbonyl (C=O) groups excluding carboxylic acids is 3. The SMILES string of the molecule is CCc1cn2nc(N3CCC[C@@H](NC(=O)OC(C)(C)C)C3)c(Cc3ccccc3Cl)c2c(=O)[nH]1.CCc1cn2nc(N3CCC[C@@H](NC(=O)OC(C)(C)C)C3)c(Cc3ccccc3Cl)c2c(=O)n1CC(=O)c1ccccc1. The van der Waals surface area contributed by atoms with E-state index in [4.69, 9.17) is 42.9 Å². The highest BCUT2D eigenvalue weighted by molar-refractivity contribution is 6.31. The van der Waals surface area contributed by atoms with Gasteiger partial charge in [-0.3, -0.25) is 14.4 Å². The normalized spacial score (nSPS) is 16.0. The summed E-state index contributed by atoms with van der Waals surface area (Å²) in [4.78, 5) is 72.6. The van der Waals surface area contributed by atoms with Gasteiger partial charge in [-0.05, 0) is 103 Å². The molecule has 6 heterocycles. The molecule has 0 radical (unpaired) electrons. The van der Waals surface area contributed by atoms with Crippen molar-refractivity contribution in [1.82, 2.24) is 39.4 Å². The first-order chi connectivity index (χ1) is 36.7. The number of ketones is 1. The fraction of sp³-hybridized carbons (Fsp3) is 0.431. The van der Waals surface area contributed by atoms with Crippen molar-refractivity contribution in [3.8, 4) is 0 Å². The Bertz CT molecular complexity index is 3370. The second-order valence-electron chi connectivity index (χ2n) is 21.7. The van der Waals surface area contributed by atoms with Gasteiger partial charge in [0.05, 0.1) is 6.54 Å². The summed E-state index contributed by atoms with van der Waals surface area (Å²) >= 11 is 13.1. The van der Waals surface area contributed by atoms with E-state index in [0.717, 1.165) is 66.0 Å². The number of halogens is 2. The average molecular weight is 1090 g/mol. The maximum absolute atomic E-state index is 14.2. The lowest BCUT2D eigenvalue weighted by Gasteiger charge is -2.34. The smallest absolute Gasteiger partial charge is 0.407 e. The highest BCUT2D eigenvalue weighted by Gasteiger charge is 2.32. The van der Waals surface area contributed by atoms with E-state index >= 15 is 0 Å². The first-order valence-electron chi connectivity index (χ1n) is 26.5. The van der Waals surface area contributed by atoms with Crippen LogP contribution in [-0.4, -0.2) is 96.2 Å². The van der Waals surface area contributed by atoms with Crippen LogP contribution in [0, 0.1) is 0 Å². The first kappa shape index (κ1) is 56.1. The summed E-state index contributed by atoms with van der Waals surface area (Å²) in [6.07, 6.45) is 8.32. The summed E-state index contributed by atoms with van der Waals surface area (Å²) in [5, 5.41) is 17.0. The monoisotopic (exact) mass is 1090 g/mol. The second-order valence-corrected chi connectivity index (χ2v) is 22.5. The van der Waals surface area contributed by atoms with Gasteiger partial charge in [-0.25, -0.2) is 18.6 Å². The number of rotatable bonds is 13. The van der Waals surface area contributed by atoms with E-state index in [0.29, 0.717) is 83.5 Å². The number of aromatic amines is 1. The van der Waals surface area contributed by atoms with Crippen LogP contribution in [0.15, 0.2) is 101 Å². The third kappa shape index (κ3) is 13.9. The number of carbonyl (C=O) groups is 3. The minimum Gasteiger partial charge on any atom is -0.444 e. The summed E-state index contributed by atoms with van der Waals surface area (Å²) in [5.41, 5.74) is 4.79. The summed E-state index contributed by atoms with van der Waals surface area (Å²) in [6, 6.07) is 24.0. The molecule has 3 aromatic carbocycles. The van der Waals surface area contributed by atoms with Crippen molar-refractivity contribution >= 4 is 63.8 Å². The number of aryl methyl sites for hydroxylation is 2. The van der Waals surface area contributed by atoms with Crippen molar-refractivity contribution in [3.05, 3.63) is 161 Å². The Morgan fingerprint density at radius 1 is 0.662 bits per heavy atom. The third-order valence-electron chi connectivity index (χ3n) is 13.5. The molecule has 0 bridgehead atoms. The lowest BCUT2D eigenvalue weighted by atomic mass is 10.0. The number of hydrogen-bond acceptors (Lipinski definition) is 11. The number of amides is 2. The van der Waals surface area contributed by atoms with E-state index in [2.05, 4.69) is 25.4 Å². The highest BCUT2D eigenvalue weighted by atomic mass is 35.5. The van der Waals surface area contributed by atoms with Crippen LogP contribution in [0.25, 0.3) is 11.0 Å². The Morgan fingerprint density at radius 2 is 1.14 bits per heavy atom. The van der Waals surface area contributed by atoms with Crippen LogP contribution < -0.4 is 31.6 Å². The summed E-state index contributed by atoms with van der Waals surface area (Å²) < 4.78 is 15.8. The molecule has 0 unspecified atom stereocenters. The van der Waals surface area contributed by atoms with Crippen molar-refractivity contribution in [2.24, 2.45) is 0 Å². The molecule has 9 rings (SSSR count). The Kier molecular flexibility index (Phi) is 17.5. The van der Waals surface area contributed by atoms with Crippen molar-refractivity contribution in [3.63, 3.8) is 0 Å². The van der Waals surface area contributed by atoms with Crippen LogP contribution in [0.3, 0.4) is 0 Å². The molecule has 4 aromatic heterocycles. The highest BCUT2D eigenvalue weighted by Crippen LogP contribution is 2.32. The predicted molar refractivity (Wildman–Crippen MR) is 303 cm³/mol. The number of ether oxygens (including phenoxy) is 2. The van der Waals surface area contributed by atoms with Crippen molar-refractivity contribution < 1.29 is 23.9 Å². The van der Waals surface area contributed by atoms with Gasteiger partial charge in [0.15, 0.2) is 17.4 Å². The van der Waals surface area contributed by atoms with Crippen LogP contribution in [0.4, 0.5) is 21.2 Å². The van der Waals surface area contributed by atoms with E-state index in [1.807, 2.05) is 135 Å². The Morgan fingerprint density at radius 3 is 1.62 bits per heavy atom. The summed E-state index contributed by atoms with van der Waals surface area (Å²) in [6.45, 7) is 17.5. The first-order valence-corrected chi connectivity index (χ1v) is 27.2. The predicted octanol–water partition coefficient (Wildman–Crippen LogP) is 10.0. The number of nitrogens with zero attached hydrogens (tertiary/aromatic N) is 7. The Balaban J connectivity index is 0.000000209. The van der Waals surface area contributed by atoms with Gasteiger partial charge in [0.1, 0.15) is 22.2 Å². The van der Waals surface area contributed by atoms with Crippen molar-refractivity contribution in [2.75, 3.05) is 36.0 Å². The number of Topliss-reactive ketones (excluding diaryl/α,β-unsaturated/α-hetero) is 1. The van der Waals surface area contributed by atoms with Crippen LogP contribution in [0.5, 0.6) is 0 Å². The zero-order valence-electron chi connectivity index (χ0n) is 45.3. The fourth-order valence-electron chi connectivity index (χ4n) is 9.94. The quantitative estimate of drug-likeness (QED) is 0.0932. The maximum atomic E-state index is 14.2. The maximum Gasteiger partial charge on any atom is 0.407 e. The number of nitrogens with one attached hydrogen (secondary N) is 3. The number of anilines is 2. The van der Waals surface area contributed by atoms with Crippen LogP contribution >= 0.6 is 23.2 Å². The van der Waals surface area contributed by atoms with E-state index in [-0.39, 0.29) is 35.5 Å². The summed E-state index contributed by atoms with van der Waals surface area (Å²) in [5.74, 6) is 1.28. The molecule has 19 heteroatoms. The molecule has 2 aliphatic rings. The molecule has 2 atom stereocenters. The van der Waals surface area contributed by atoms with Gasteiger partial charge in [-0.2, -0.15) is 0 Å². The lowest BCUT2D eigenvalue weighted by molar-refractivity contribution is 0.0488. The Hall–Kier alpha value is -7.11. The van der Waals surface area contributed by atoms with Crippen molar-refractivity contribution in [1.29, 1.82) is 0 Å². The largest absolute Gasteiger partial charge is 0.444 e. The zero-order chi connectivity index (χ0) is 55.2. The van der Waals surface area contributed by atoms with Gasteiger partial charge in [-0.1, -0.05) is 104 Å². The molecule has 7 aromatic rings. The van der Waals surface area contributed by atoms with Gasteiger partial charge in [0, 0.05) is 102 Å². The average Bonchev–Trinajstić information content (AvgIpc) is 4.15. The molecule has 77 heavy (non-hydrogen) atoms. The van der Waals surface area contributed by atoms with Gasteiger partial charge < -0.3 is 39.5 Å². The lowest BCUT2D eigenvalue weighted by Crippen LogP contribution is -2.49. The molecule has 408 valence electrons. The van der Waals surface area contributed by atoms with Crippen molar-refractivity contribution in [2.45, 2.75) is 137 Å². The van der Waals surface area contributed by atoms with E-state index in [9.17, 15) is 24.0 Å². The molecule has 2 fully saturated rings. The van der Waals surface area contributed by atoms with Gasteiger partial charge >= 0.3 is 12.2 Å². The van der Waals surface area contributed by atoms with E-state index in [1.165, 1.54) is 0 Å². The zero-order valence-corrected chi connectivity index (χ0v) is 46.8. The molecule has 0 aliphatic carbocycles. The number of benzene rings is 3. The standard InChI is InChI=1S/C33H38ClN5O4.C25H32ClN5O3/c1-5-25-20-39-29(31(41)38(25)21-28(40)22-12-7-6-8-13-22)26(18-23-14-9-10-16-27(23)34)30(36-39)37-17-11-15-24(19-37)35-32(42)43-33(2,3)4;1-5-17-15-31-21(23(32)27-17)19(13-16-9-6-7-11-20(16)26)22(29-31)30-12-8-10-18(14-30)28-24(33)34-25(2,3)4/h6-10,12-14,16,20,24H,5,11,15,17-19,21H2,1-4H3,(H,35,42);6-7,9,11,15,18H,5,8,10,12-14H2,1-4H3,(H,27,32)(H,28,33)/t24-;18-/m11/s1. The summed E-state index contributed by atoms with van der Waals surface area (Å²) in [7, 11) is 0. The minimum absolute atomic E-state index is 0.0693. The molecule has 17 nitrogen and oxygen atoms in total. The number of aromatic nitrogens is 6. The molecule has 3 N–H and O–H groups in total. The van der Waals surface area contributed by atoms with Crippen LogP contribution in [-0.2, 0) is 41.7 Å². The Labute approximate surface area is 458 Å². The molecular weight excluding hydrogens is 1020 g/mol. The number of alkyl carbamates (subject to hydrolysis) is 2. The van der Waals surface area contributed by atoms with Crippen LogP contribution in [0.2, 0.25) is 10.0 Å². The van der Waals surface area contributed by atoms with Gasteiger partial charge in [0.2, 0.25) is 0 Å².